The molecule has 0 aliphatic carbocycles. The summed E-state index contributed by atoms with van der Waals surface area (Å²) >= 11 is 0. The second-order valence-corrected chi connectivity index (χ2v) is 2.88. The Bertz CT molecular complexity index is 466. The molecule has 0 amide bonds. The summed E-state index contributed by atoms with van der Waals surface area (Å²) in [5.41, 5.74) is -0.572. The van der Waals surface area contributed by atoms with E-state index in [-0.39, 0.29) is 5.56 Å². The molecule has 1 aromatic carbocycles. The van der Waals surface area contributed by atoms with E-state index >= 15 is 0 Å². The fourth-order valence-electron chi connectivity index (χ4n) is 1.06. The summed E-state index contributed by atoms with van der Waals surface area (Å²) in [5, 5.41) is 8.54. The van der Waals surface area contributed by atoms with Crippen molar-refractivity contribution in [2.45, 2.75) is 13.5 Å². The summed E-state index contributed by atoms with van der Waals surface area (Å²) < 4.78 is 41.0. The average molecular weight is 229 g/mol. The van der Waals surface area contributed by atoms with Crippen LogP contribution in [0.25, 0.3) is 0 Å². The van der Waals surface area contributed by atoms with E-state index in [1.54, 1.807) is 0 Å². The molecule has 0 saturated heterocycles. The van der Waals surface area contributed by atoms with Crippen LogP contribution in [0.4, 0.5) is 13.2 Å². The van der Waals surface area contributed by atoms with Gasteiger partial charge in [0.15, 0.2) is 17.3 Å². The van der Waals surface area contributed by atoms with Crippen LogP contribution in [0, 0.1) is 17.1 Å². The molecule has 0 saturated carbocycles. The summed E-state index contributed by atoms with van der Waals surface area (Å²) in [5.74, 6) is -2.48. The zero-order chi connectivity index (χ0) is 12.3. The van der Waals surface area contributed by atoms with Crippen molar-refractivity contribution >= 4 is 5.78 Å². The molecule has 0 N–H and O–H groups in total. The first-order valence-corrected chi connectivity index (χ1v) is 4.15. The summed E-state index contributed by atoms with van der Waals surface area (Å²) in [4.78, 5) is 11.0. The first kappa shape index (κ1) is 12.0. The highest BCUT2D eigenvalue weighted by Crippen LogP contribution is 2.24. The molecular weight excluding hydrogens is 223 g/mol. The van der Waals surface area contributed by atoms with Gasteiger partial charge in [0.25, 0.3) is 0 Å². The Morgan fingerprint density at radius 1 is 1.50 bits per heavy atom. The number of alkyl halides is 2. The monoisotopic (exact) mass is 229 g/mol. The molecule has 0 radical (unpaired) electrons. The number of ether oxygens (including phenoxy) is 1. The fourth-order valence-corrected chi connectivity index (χ4v) is 1.06. The number of Topliss-reactive ketones (excluding diaryl/α,β-unsaturated/α-hetero) is 1. The average Bonchev–Trinajstić information content (AvgIpc) is 2.20. The van der Waals surface area contributed by atoms with Crippen LogP contribution in [0.2, 0.25) is 0 Å². The highest BCUT2D eigenvalue weighted by Gasteiger charge is 2.16. The van der Waals surface area contributed by atoms with Crippen LogP contribution < -0.4 is 4.74 Å². The van der Waals surface area contributed by atoms with Gasteiger partial charge in [0.2, 0.25) is 0 Å². The SMILES string of the molecule is CC(=O)c1cc(C#N)c(F)c(OC(F)F)c1. The van der Waals surface area contributed by atoms with Crippen molar-refractivity contribution in [2.24, 2.45) is 0 Å². The van der Waals surface area contributed by atoms with Crippen LogP contribution >= 0.6 is 0 Å². The molecule has 0 unspecified atom stereocenters. The minimum atomic E-state index is -3.22. The molecule has 3 nitrogen and oxygen atoms in total. The first-order valence-electron chi connectivity index (χ1n) is 4.15. The Morgan fingerprint density at radius 3 is 2.56 bits per heavy atom. The summed E-state index contributed by atoms with van der Waals surface area (Å²) in [6, 6.07) is 3.27. The zero-order valence-electron chi connectivity index (χ0n) is 8.13. The van der Waals surface area contributed by atoms with Gasteiger partial charge in [-0.2, -0.15) is 14.0 Å². The molecule has 0 bridgehead atoms. The number of rotatable bonds is 3. The third-order valence-corrected chi connectivity index (χ3v) is 1.78. The van der Waals surface area contributed by atoms with Crippen molar-refractivity contribution in [1.29, 1.82) is 5.26 Å². The Hall–Kier alpha value is -2.03. The van der Waals surface area contributed by atoms with Gasteiger partial charge in [-0.3, -0.25) is 4.79 Å². The van der Waals surface area contributed by atoms with Gasteiger partial charge in [-0.05, 0) is 19.1 Å². The summed E-state index contributed by atoms with van der Waals surface area (Å²) in [7, 11) is 0. The van der Waals surface area contributed by atoms with E-state index < -0.39 is 29.5 Å². The van der Waals surface area contributed by atoms with Crippen molar-refractivity contribution in [3.05, 3.63) is 29.1 Å². The van der Waals surface area contributed by atoms with Crippen molar-refractivity contribution < 1.29 is 22.7 Å². The third kappa shape index (κ3) is 2.51. The molecule has 16 heavy (non-hydrogen) atoms. The number of nitriles is 1. The fraction of sp³-hybridized carbons (Fsp3) is 0.200. The van der Waals surface area contributed by atoms with Crippen molar-refractivity contribution in [3.63, 3.8) is 0 Å². The molecule has 0 aromatic heterocycles. The normalized spacial score (nSPS) is 10.0. The number of carbonyl (C=O) groups excluding carboxylic acids is 1. The van der Waals surface area contributed by atoms with Crippen LogP contribution in [-0.4, -0.2) is 12.4 Å². The highest BCUT2D eigenvalue weighted by atomic mass is 19.3. The van der Waals surface area contributed by atoms with Crippen molar-refractivity contribution in [1.82, 2.24) is 0 Å². The van der Waals surface area contributed by atoms with Crippen molar-refractivity contribution in [3.8, 4) is 11.8 Å². The van der Waals surface area contributed by atoms with Crippen molar-refractivity contribution in [2.75, 3.05) is 0 Å². The van der Waals surface area contributed by atoms with Crippen LogP contribution in [0.3, 0.4) is 0 Å². The molecular formula is C10H6F3NO2. The lowest BCUT2D eigenvalue weighted by atomic mass is 10.1. The van der Waals surface area contributed by atoms with Gasteiger partial charge >= 0.3 is 6.61 Å². The minimum Gasteiger partial charge on any atom is -0.432 e. The molecule has 0 fully saturated rings. The van der Waals surface area contributed by atoms with Gasteiger partial charge in [0.1, 0.15) is 6.07 Å². The smallest absolute Gasteiger partial charge is 0.387 e. The molecule has 0 heterocycles. The number of hydrogen-bond donors (Lipinski definition) is 0. The molecule has 6 heteroatoms. The number of benzene rings is 1. The molecule has 1 aromatic rings. The lowest BCUT2D eigenvalue weighted by Gasteiger charge is -2.08. The number of carbonyl (C=O) groups is 1. The van der Waals surface area contributed by atoms with Gasteiger partial charge in [-0.1, -0.05) is 0 Å². The quantitative estimate of drug-likeness (QED) is 0.748. The minimum absolute atomic E-state index is 0.0615. The summed E-state index contributed by atoms with van der Waals surface area (Å²) in [6.45, 7) is -2.05. The van der Waals surface area contributed by atoms with E-state index in [1.165, 1.54) is 13.0 Å². The van der Waals surface area contributed by atoms with Gasteiger partial charge in [-0.15, -0.1) is 0 Å². The van der Waals surface area contributed by atoms with E-state index in [2.05, 4.69) is 4.74 Å². The second kappa shape index (κ2) is 4.66. The lowest BCUT2D eigenvalue weighted by Crippen LogP contribution is -2.06. The van der Waals surface area contributed by atoms with Gasteiger partial charge in [0, 0.05) is 5.56 Å². The lowest BCUT2D eigenvalue weighted by molar-refractivity contribution is -0.0522. The first-order chi connectivity index (χ1) is 7.45. The largest absolute Gasteiger partial charge is 0.432 e. The third-order valence-electron chi connectivity index (χ3n) is 1.78. The molecule has 0 atom stereocenters. The van der Waals surface area contributed by atoms with Crippen LogP contribution in [0.1, 0.15) is 22.8 Å². The topological polar surface area (TPSA) is 50.1 Å². The maximum absolute atomic E-state index is 13.3. The predicted octanol–water partition coefficient (Wildman–Crippen LogP) is 2.50. The van der Waals surface area contributed by atoms with Crippen LogP contribution in [0.15, 0.2) is 12.1 Å². The van der Waals surface area contributed by atoms with Gasteiger partial charge in [-0.25, -0.2) is 4.39 Å². The van der Waals surface area contributed by atoms with E-state index in [0.717, 1.165) is 12.1 Å². The highest BCUT2D eigenvalue weighted by molar-refractivity contribution is 5.94. The predicted molar refractivity (Wildman–Crippen MR) is 47.8 cm³/mol. The molecule has 84 valence electrons. The molecule has 1 rings (SSSR count). The maximum Gasteiger partial charge on any atom is 0.387 e. The standard InChI is InChI=1S/C10H6F3NO2/c1-5(15)6-2-7(4-14)9(11)8(3-6)16-10(12)13/h2-3,10H,1H3. The Morgan fingerprint density at radius 2 is 2.12 bits per heavy atom. The number of ketones is 1. The van der Waals surface area contributed by atoms with Gasteiger partial charge in [0.05, 0.1) is 5.56 Å². The molecule has 0 spiro atoms. The maximum atomic E-state index is 13.3. The Balaban J connectivity index is 3.31. The van der Waals surface area contributed by atoms with Crippen LogP contribution in [0.5, 0.6) is 5.75 Å². The zero-order valence-corrected chi connectivity index (χ0v) is 8.13. The van der Waals surface area contributed by atoms with E-state index in [0.29, 0.717) is 0 Å². The van der Waals surface area contributed by atoms with E-state index in [1.807, 2.05) is 0 Å². The second-order valence-electron chi connectivity index (χ2n) is 2.88. The van der Waals surface area contributed by atoms with Crippen LogP contribution in [-0.2, 0) is 0 Å². The number of hydrogen-bond acceptors (Lipinski definition) is 3. The Kier molecular flexibility index (Phi) is 3.51. The van der Waals surface area contributed by atoms with E-state index in [9.17, 15) is 18.0 Å². The molecule has 0 aliphatic rings. The number of nitrogens with zero attached hydrogens (tertiary/aromatic N) is 1. The summed E-state index contributed by atoms with van der Waals surface area (Å²) in [6.07, 6.45) is 0. The van der Waals surface area contributed by atoms with Gasteiger partial charge < -0.3 is 4.74 Å². The molecule has 0 aliphatic heterocycles. The van der Waals surface area contributed by atoms with E-state index in [4.69, 9.17) is 5.26 Å². The Labute approximate surface area is 89.1 Å². The number of halogens is 3.